The second-order valence-corrected chi connectivity index (χ2v) is 6.76. The van der Waals surface area contributed by atoms with Crippen molar-refractivity contribution in [3.63, 3.8) is 0 Å². The molecule has 0 atom stereocenters. The zero-order valence-electron chi connectivity index (χ0n) is 12.9. The lowest BCUT2D eigenvalue weighted by molar-refractivity contribution is 0.0632. The number of carboxylic acid groups (broad SMARTS) is 1. The van der Waals surface area contributed by atoms with E-state index in [4.69, 9.17) is 9.84 Å². The number of rotatable bonds is 6. The second-order valence-electron chi connectivity index (χ2n) is 5.68. The molecule has 1 heterocycles. The third kappa shape index (κ3) is 6.12. The fourth-order valence-corrected chi connectivity index (χ4v) is 2.65. The largest absolute Gasteiger partial charge is 0.476 e. The lowest BCUT2D eigenvalue weighted by Gasteiger charge is -2.18. The lowest BCUT2D eigenvalue weighted by atomic mass is 10.1. The maximum absolute atomic E-state index is 11.7. The van der Waals surface area contributed by atoms with Crippen LogP contribution in [0.5, 0.6) is 0 Å². The highest BCUT2D eigenvalue weighted by Crippen LogP contribution is 2.25. The molecule has 0 unspecified atom stereocenters. The molecule has 7 heteroatoms. The number of nitrogens with zero attached hydrogens (tertiary/aromatic N) is 1. The Hall–Kier alpha value is -1.63. The number of carbonyl (C=O) groups is 2. The topological polar surface area (TPSA) is 88.5 Å². The molecule has 1 aromatic rings. The van der Waals surface area contributed by atoms with E-state index in [1.165, 1.54) is 11.3 Å². The van der Waals surface area contributed by atoms with Crippen molar-refractivity contribution < 1.29 is 19.4 Å². The Balaban J connectivity index is 2.77. The summed E-state index contributed by atoms with van der Waals surface area (Å²) < 4.78 is 5.12. The zero-order valence-corrected chi connectivity index (χ0v) is 13.7. The standard InChI is InChI=1S/C14H22N2O4S/c1-5-6-7-8-9-10(11(17)18)15-12(21-9)16-13(19)20-14(2,3)4/h5-8H2,1-4H3,(H,17,18)(H,15,16,19). The van der Waals surface area contributed by atoms with Gasteiger partial charge < -0.3 is 9.84 Å². The molecule has 0 saturated carbocycles. The Labute approximate surface area is 128 Å². The monoisotopic (exact) mass is 314 g/mol. The molecule has 118 valence electrons. The van der Waals surface area contributed by atoms with Gasteiger partial charge in [0.15, 0.2) is 10.8 Å². The predicted octanol–water partition coefficient (Wildman–Crippen LogP) is 3.92. The van der Waals surface area contributed by atoms with E-state index in [1.807, 2.05) is 0 Å². The third-order valence-electron chi connectivity index (χ3n) is 2.52. The highest BCUT2D eigenvalue weighted by atomic mass is 32.1. The fraction of sp³-hybridized carbons (Fsp3) is 0.643. The van der Waals surface area contributed by atoms with Crippen LogP contribution in [-0.2, 0) is 11.2 Å². The Bertz CT molecular complexity index is 506. The summed E-state index contributed by atoms with van der Waals surface area (Å²) in [5, 5.41) is 11.9. The Kier molecular flexibility index (Phi) is 6.14. The van der Waals surface area contributed by atoms with Crippen LogP contribution >= 0.6 is 11.3 Å². The molecule has 6 nitrogen and oxygen atoms in total. The molecule has 0 spiro atoms. The van der Waals surface area contributed by atoms with Crippen molar-refractivity contribution >= 4 is 28.5 Å². The number of nitrogens with one attached hydrogen (secondary N) is 1. The lowest BCUT2D eigenvalue weighted by Crippen LogP contribution is -2.27. The third-order valence-corrected chi connectivity index (χ3v) is 3.55. The van der Waals surface area contributed by atoms with Gasteiger partial charge in [0.25, 0.3) is 0 Å². The summed E-state index contributed by atoms with van der Waals surface area (Å²) in [6.45, 7) is 7.36. The van der Waals surface area contributed by atoms with Crippen LogP contribution in [0.25, 0.3) is 0 Å². The normalized spacial score (nSPS) is 11.2. The highest BCUT2D eigenvalue weighted by Gasteiger charge is 2.21. The number of anilines is 1. The minimum Gasteiger partial charge on any atom is -0.476 e. The summed E-state index contributed by atoms with van der Waals surface area (Å²) in [6.07, 6.45) is 3.03. The van der Waals surface area contributed by atoms with Gasteiger partial charge in [0.05, 0.1) is 0 Å². The maximum Gasteiger partial charge on any atom is 0.413 e. The number of hydrogen-bond donors (Lipinski definition) is 2. The first kappa shape index (κ1) is 17.4. The van der Waals surface area contributed by atoms with Crippen molar-refractivity contribution in [1.29, 1.82) is 0 Å². The smallest absolute Gasteiger partial charge is 0.413 e. The molecule has 0 bridgehead atoms. The number of hydrogen-bond acceptors (Lipinski definition) is 5. The first-order chi connectivity index (χ1) is 9.73. The number of thiazole rings is 1. The molecule has 21 heavy (non-hydrogen) atoms. The van der Waals surface area contributed by atoms with E-state index >= 15 is 0 Å². The summed E-state index contributed by atoms with van der Waals surface area (Å²) in [5.41, 5.74) is -0.594. The summed E-state index contributed by atoms with van der Waals surface area (Å²) in [6, 6.07) is 0. The van der Waals surface area contributed by atoms with E-state index in [0.29, 0.717) is 11.3 Å². The van der Waals surface area contributed by atoms with Gasteiger partial charge in [0.2, 0.25) is 0 Å². The van der Waals surface area contributed by atoms with E-state index in [2.05, 4.69) is 17.2 Å². The molecular formula is C14H22N2O4S. The Morgan fingerprint density at radius 3 is 2.52 bits per heavy atom. The first-order valence-electron chi connectivity index (χ1n) is 6.96. The zero-order chi connectivity index (χ0) is 16.0. The molecule has 1 amide bonds. The first-order valence-corrected chi connectivity index (χ1v) is 7.77. The van der Waals surface area contributed by atoms with Crippen molar-refractivity contribution in [3.05, 3.63) is 10.6 Å². The average molecular weight is 314 g/mol. The average Bonchev–Trinajstić information content (AvgIpc) is 2.70. The summed E-state index contributed by atoms with van der Waals surface area (Å²) in [5.74, 6) is -1.07. The summed E-state index contributed by atoms with van der Waals surface area (Å²) in [4.78, 5) is 27.5. The second kappa shape index (κ2) is 7.40. The van der Waals surface area contributed by atoms with E-state index < -0.39 is 17.7 Å². The minimum atomic E-state index is -1.07. The molecule has 0 aromatic carbocycles. The molecule has 1 aromatic heterocycles. The number of ether oxygens (including phenoxy) is 1. The molecule has 0 aliphatic rings. The number of amides is 1. The number of unbranched alkanes of at least 4 members (excludes halogenated alkanes) is 2. The van der Waals surface area contributed by atoms with Crippen LogP contribution in [0, 0.1) is 0 Å². The van der Waals surface area contributed by atoms with Gasteiger partial charge in [-0.1, -0.05) is 19.8 Å². The van der Waals surface area contributed by atoms with E-state index in [0.717, 1.165) is 19.3 Å². The molecule has 2 N–H and O–H groups in total. The summed E-state index contributed by atoms with van der Waals surface area (Å²) in [7, 11) is 0. The molecule has 0 fully saturated rings. The van der Waals surface area contributed by atoms with Crippen molar-refractivity contribution in [3.8, 4) is 0 Å². The van der Waals surface area contributed by atoms with Crippen LogP contribution < -0.4 is 5.32 Å². The van der Waals surface area contributed by atoms with Crippen LogP contribution in [0.2, 0.25) is 0 Å². The van der Waals surface area contributed by atoms with Gasteiger partial charge in [-0.25, -0.2) is 14.6 Å². The van der Waals surface area contributed by atoms with Crippen LogP contribution in [0.4, 0.5) is 9.93 Å². The number of aryl methyl sites for hydroxylation is 1. The molecule has 0 aliphatic heterocycles. The van der Waals surface area contributed by atoms with E-state index in [9.17, 15) is 9.59 Å². The van der Waals surface area contributed by atoms with Gasteiger partial charge >= 0.3 is 12.1 Å². The van der Waals surface area contributed by atoms with Crippen LogP contribution in [0.1, 0.15) is 62.3 Å². The number of aromatic carboxylic acids is 1. The number of carbonyl (C=O) groups excluding carboxylic acids is 1. The van der Waals surface area contributed by atoms with Gasteiger partial charge in [-0.05, 0) is 33.6 Å². The van der Waals surface area contributed by atoms with Crippen LogP contribution in [0.15, 0.2) is 0 Å². The maximum atomic E-state index is 11.7. The number of carboxylic acids is 1. The van der Waals surface area contributed by atoms with Crippen molar-refractivity contribution in [2.45, 2.75) is 59.0 Å². The molecule has 1 rings (SSSR count). The van der Waals surface area contributed by atoms with Crippen LogP contribution in [0.3, 0.4) is 0 Å². The van der Waals surface area contributed by atoms with Crippen molar-refractivity contribution in [2.24, 2.45) is 0 Å². The van der Waals surface area contributed by atoms with Crippen molar-refractivity contribution in [2.75, 3.05) is 5.32 Å². The van der Waals surface area contributed by atoms with Gasteiger partial charge in [-0.2, -0.15) is 0 Å². The highest BCUT2D eigenvalue weighted by molar-refractivity contribution is 7.16. The van der Waals surface area contributed by atoms with E-state index in [1.54, 1.807) is 20.8 Å². The number of aromatic nitrogens is 1. The SMILES string of the molecule is CCCCCc1sc(NC(=O)OC(C)(C)C)nc1C(=O)O. The van der Waals surface area contributed by atoms with Crippen molar-refractivity contribution in [1.82, 2.24) is 4.98 Å². The molecule has 0 aliphatic carbocycles. The van der Waals surface area contributed by atoms with Gasteiger partial charge in [0.1, 0.15) is 5.60 Å². The fourth-order valence-electron chi connectivity index (χ4n) is 1.67. The molecule has 0 saturated heterocycles. The molecular weight excluding hydrogens is 292 g/mol. The van der Waals surface area contributed by atoms with Gasteiger partial charge in [0, 0.05) is 4.88 Å². The van der Waals surface area contributed by atoms with Gasteiger partial charge in [-0.15, -0.1) is 11.3 Å². The minimum absolute atomic E-state index is 0.0159. The predicted molar refractivity (Wildman–Crippen MR) is 82.2 cm³/mol. The van der Waals surface area contributed by atoms with Crippen LogP contribution in [-0.4, -0.2) is 27.8 Å². The summed E-state index contributed by atoms with van der Waals surface area (Å²) >= 11 is 1.19. The quantitative estimate of drug-likeness (QED) is 0.777. The van der Waals surface area contributed by atoms with Gasteiger partial charge in [-0.3, -0.25) is 5.32 Å². The van der Waals surface area contributed by atoms with E-state index in [-0.39, 0.29) is 10.8 Å². The Morgan fingerprint density at radius 2 is 2.00 bits per heavy atom. The molecule has 0 radical (unpaired) electrons. The Morgan fingerprint density at radius 1 is 1.33 bits per heavy atom.